The third kappa shape index (κ3) is 2.64. The lowest BCUT2D eigenvalue weighted by atomic mass is 10.1. The van der Waals surface area contributed by atoms with E-state index >= 15 is 0 Å². The van der Waals surface area contributed by atoms with Gasteiger partial charge in [-0.3, -0.25) is 9.59 Å². The number of aromatic nitrogens is 2. The molecule has 2 heterocycles. The molecular formula is C17H13F2N3O2. The zero-order chi connectivity index (χ0) is 17.3. The van der Waals surface area contributed by atoms with Gasteiger partial charge < -0.3 is 9.88 Å². The highest BCUT2D eigenvalue weighted by Crippen LogP contribution is 2.22. The zero-order valence-electron chi connectivity index (χ0n) is 12.7. The van der Waals surface area contributed by atoms with Crippen LogP contribution in [0.3, 0.4) is 0 Å². The first-order valence-electron chi connectivity index (χ1n) is 7.26. The van der Waals surface area contributed by atoms with Gasteiger partial charge in [-0.2, -0.15) is 0 Å². The van der Waals surface area contributed by atoms with E-state index < -0.39 is 29.0 Å². The van der Waals surface area contributed by atoms with E-state index in [2.05, 4.69) is 4.98 Å². The number of fused-ring (bicyclic) bond motifs is 1. The molecule has 0 aliphatic carbocycles. The summed E-state index contributed by atoms with van der Waals surface area (Å²) in [5, 5.41) is 2.51. The smallest absolute Gasteiger partial charge is 0.297 e. The summed E-state index contributed by atoms with van der Waals surface area (Å²) in [5.41, 5.74) is 0.0515. The molecule has 5 nitrogen and oxygen atoms in total. The highest BCUT2D eigenvalue weighted by atomic mass is 19.1. The van der Waals surface area contributed by atoms with Crippen molar-refractivity contribution < 1.29 is 18.4 Å². The molecule has 0 atom stereocenters. The first-order valence-corrected chi connectivity index (χ1v) is 7.26. The molecule has 1 N–H and O–H groups in total. The molecule has 0 fully saturated rings. The maximum absolute atomic E-state index is 13.6. The molecule has 1 amide bonds. The van der Waals surface area contributed by atoms with Crippen molar-refractivity contribution in [3.63, 3.8) is 0 Å². The van der Waals surface area contributed by atoms with Gasteiger partial charge >= 0.3 is 0 Å². The maximum atomic E-state index is 13.6. The molecule has 0 bridgehead atoms. The minimum absolute atomic E-state index is 0.134. The number of hydrogen-bond donors (Lipinski definition) is 1. The van der Waals surface area contributed by atoms with Crippen molar-refractivity contribution in [2.24, 2.45) is 0 Å². The molecule has 0 spiro atoms. The predicted molar refractivity (Wildman–Crippen MR) is 84.7 cm³/mol. The van der Waals surface area contributed by atoms with Crippen LogP contribution in [0.2, 0.25) is 0 Å². The van der Waals surface area contributed by atoms with Gasteiger partial charge in [-0.05, 0) is 31.2 Å². The lowest BCUT2D eigenvalue weighted by Crippen LogP contribution is -2.24. The fraction of sp³-hybridized carbons (Fsp3) is 0.118. The van der Waals surface area contributed by atoms with E-state index in [1.54, 1.807) is 22.9 Å². The standard InChI is InChI=1S/C17H13F2N3O2/c1-2-22-9-11(10-5-4-8-20-16(10)22)15(23)17(24)21-14-12(18)6-3-7-13(14)19/h3-9H,2H2,1H3,(H,21,24). The van der Waals surface area contributed by atoms with E-state index in [1.165, 1.54) is 12.3 Å². The van der Waals surface area contributed by atoms with Gasteiger partial charge in [0.1, 0.15) is 23.0 Å². The second kappa shape index (κ2) is 6.19. The Morgan fingerprint density at radius 2 is 1.88 bits per heavy atom. The van der Waals surface area contributed by atoms with Crippen LogP contribution in [0.25, 0.3) is 11.0 Å². The summed E-state index contributed by atoms with van der Waals surface area (Å²) in [4.78, 5) is 28.7. The fourth-order valence-corrected chi connectivity index (χ4v) is 2.45. The maximum Gasteiger partial charge on any atom is 0.297 e. The number of nitrogens with zero attached hydrogens (tertiary/aromatic N) is 2. The van der Waals surface area contributed by atoms with Crippen molar-refractivity contribution in [3.8, 4) is 0 Å². The summed E-state index contributed by atoms with van der Waals surface area (Å²) in [7, 11) is 0. The summed E-state index contributed by atoms with van der Waals surface area (Å²) >= 11 is 0. The molecule has 0 aliphatic rings. The van der Waals surface area contributed by atoms with Crippen molar-refractivity contribution in [2.75, 3.05) is 5.32 Å². The van der Waals surface area contributed by atoms with Crippen molar-refractivity contribution in [1.82, 2.24) is 9.55 Å². The third-order valence-electron chi connectivity index (χ3n) is 3.63. The highest BCUT2D eigenvalue weighted by molar-refractivity contribution is 6.48. The number of aryl methyl sites for hydroxylation is 1. The number of hydrogen-bond acceptors (Lipinski definition) is 3. The average Bonchev–Trinajstić information content (AvgIpc) is 2.96. The van der Waals surface area contributed by atoms with Gasteiger partial charge in [0.15, 0.2) is 0 Å². The molecule has 0 unspecified atom stereocenters. The molecule has 3 rings (SSSR count). The Balaban J connectivity index is 1.96. The van der Waals surface area contributed by atoms with Gasteiger partial charge in [0.2, 0.25) is 0 Å². The normalized spacial score (nSPS) is 10.8. The number of amides is 1. The first kappa shape index (κ1) is 15.8. The van der Waals surface area contributed by atoms with Crippen LogP contribution in [-0.2, 0) is 11.3 Å². The Morgan fingerprint density at radius 1 is 1.17 bits per heavy atom. The number of carbonyl (C=O) groups is 2. The number of rotatable bonds is 4. The number of ketones is 1. The molecule has 1 aromatic carbocycles. The van der Waals surface area contributed by atoms with E-state index in [0.29, 0.717) is 17.6 Å². The minimum Gasteiger partial charge on any atom is -0.332 e. The summed E-state index contributed by atoms with van der Waals surface area (Å²) in [6.45, 7) is 2.43. The minimum atomic E-state index is -1.11. The monoisotopic (exact) mass is 329 g/mol. The molecule has 7 heteroatoms. The molecule has 2 aromatic heterocycles. The quantitative estimate of drug-likeness (QED) is 0.591. The molecule has 0 aliphatic heterocycles. The van der Waals surface area contributed by atoms with Crippen LogP contribution < -0.4 is 5.32 Å². The van der Waals surface area contributed by atoms with Gasteiger partial charge in [-0.15, -0.1) is 0 Å². The zero-order valence-corrected chi connectivity index (χ0v) is 12.7. The number of benzene rings is 1. The van der Waals surface area contributed by atoms with Crippen LogP contribution >= 0.6 is 0 Å². The lowest BCUT2D eigenvalue weighted by Gasteiger charge is -2.06. The van der Waals surface area contributed by atoms with Gasteiger partial charge in [0.25, 0.3) is 11.7 Å². The van der Waals surface area contributed by atoms with Crippen LogP contribution in [0.4, 0.5) is 14.5 Å². The molecule has 122 valence electrons. The van der Waals surface area contributed by atoms with E-state index in [4.69, 9.17) is 0 Å². The predicted octanol–water partition coefficient (Wildman–Crippen LogP) is 3.16. The molecule has 24 heavy (non-hydrogen) atoms. The summed E-state index contributed by atoms with van der Waals surface area (Å²) in [6, 6.07) is 6.47. The van der Waals surface area contributed by atoms with Crippen LogP contribution in [0, 0.1) is 11.6 Å². The molecule has 0 radical (unpaired) electrons. The van der Waals surface area contributed by atoms with Crippen molar-refractivity contribution in [3.05, 3.63) is 59.9 Å². The van der Waals surface area contributed by atoms with Crippen molar-refractivity contribution in [2.45, 2.75) is 13.5 Å². The van der Waals surface area contributed by atoms with Crippen LogP contribution in [0.5, 0.6) is 0 Å². The Morgan fingerprint density at radius 3 is 2.54 bits per heavy atom. The number of Topliss-reactive ketones (excluding diaryl/α,β-unsaturated/α-hetero) is 1. The lowest BCUT2D eigenvalue weighted by molar-refractivity contribution is -0.112. The fourth-order valence-electron chi connectivity index (χ4n) is 2.45. The van der Waals surface area contributed by atoms with Gasteiger partial charge in [-0.1, -0.05) is 6.07 Å². The van der Waals surface area contributed by atoms with Crippen LogP contribution in [0.15, 0.2) is 42.7 Å². The Kier molecular flexibility index (Phi) is 4.07. The second-order valence-electron chi connectivity index (χ2n) is 5.08. The third-order valence-corrected chi connectivity index (χ3v) is 3.63. The number of halogens is 2. The molecule has 0 saturated carbocycles. The average molecular weight is 329 g/mol. The Bertz CT molecular complexity index is 930. The molecule has 3 aromatic rings. The Hall–Kier alpha value is -3.09. The molecular weight excluding hydrogens is 316 g/mol. The Labute approximate surface area is 135 Å². The van der Waals surface area contributed by atoms with Crippen LogP contribution in [-0.4, -0.2) is 21.2 Å². The van der Waals surface area contributed by atoms with E-state index in [-0.39, 0.29) is 5.56 Å². The SMILES string of the molecule is CCn1cc(C(=O)C(=O)Nc2c(F)cccc2F)c2cccnc21. The van der Waals surface area contributed by atoms with E-state index in [1.807, 2.05) is 12.2 Å². The summed E-state index contributed by atoms with van der Waals surface area (Å²) in [5.74, 6) is -3.90. The largest absolute Gasteiger partial charge is 0.332 e. The van der Waals surface area contributed by atoms with Crippen molar-refractivity contribution >= 4 is 28.4 Å². The number of pyridine rings is 1. The topological polar surface area (TPSA) is 64.0 Å². The first-order chi connectivity index (χ1) is 11.5. The number of nitrogens with one attached hydrogen (secondary N) is 1. The molecule has 0 saturated heterocycles. The van der Waals surface area contributed by atoms with E-state index in [0.717, 1.165) is 12.1 Å². The van der Waals surface area contributed by atoms with E-state index in [9.17, 15) is 18.4 Å². The van der Waals surface area contributed by atoms with Crippen molar-refractivity contribution in [1.29, 1.82) is 0 Å². The number of carbonyl (C=O) groups excluding carboxylic acids is 2. The van der Waals surface area contributed by atoms with Crippen LogP contribution in [0.1, 0.15) is 17.3 Å². The van der Waals surface area contributed by atoms with Gasteiger partial charge in [-0.25, -0.2) is 13.8 Å². The summed E-state index contributed by atoms with van der Waals surface area (Å²) in [6.07, 6.45) is 3.09. The number of anilines is 1. The second-order valence-corrected chi connectivity index (χ2v) is 5.08. The number of para-hydroxylation sites is 1. The summed E-state index contributed by atoms with van der Waals surface area (Å²) < 4.78 is 28.9. The van der Waals surface area contributed by atoms with Gasteiger partial charge in [0.05, 0.1) is 5.56 Å². The van der Waals surface area contributed by atoms with Gasteiger partial charge in [0, 0.05) is 24.3 Å². The highest BCUT2D eigenvalue weighted by Gasteiger charge is 2.23.